The standard InChI is InChI=1S/C19H24BrNO2.ClH/c1-3-18(15-10-8-14(2)9-11-15)21-12-16(22)13-23-19-7-5-4-6-17(19)20;/h4-11,16,18,21-22H,3,12-13H2,1-2H3;1H. The van der Waals surface area contributed by atoms with E-state index < -0.39 is 6.10 Å². The Labute approximate surface area is 159 Å². The molecule has 5 heteroatoms. The summed E-state index contributed by atoms with van der Waals surface area (Å²) in [6.07, 6.45) is 0.419. The van der Waals surface area contributed by atoms with Gasteiger partial charge in [0.05, 0.1) is 4.47 Å². The van der Waals surface area contributed by atoms with E-state index in [-0.39, 0.29) is 25.1 Å². The Morgan fingerprint density at radius 2 is 1.79 bits per heavy atom. The fraction of sp³-hybridized carbons (Fsp3) is 0.368. The number of aliphatic hydroxyl groups excluding tert-OH is 1. The monoisotopic (exact) mass is 413 g/mol. The third kappa shape index (κ3) is 6.44. The first-order valence-corrected chi connectivity index (χ1v) is 8.74. The van der Waals surface area contributed by atoms with Crippen LogP contribution in [0.4, 0.5) is 0 Å². The van der Waals surface area contributed by atoms with Crippen molar-refractivity contribution in [2.75, 3.05) is 13.2 Å². The first kappa shape index (κ1) is 21.0. The Bertz CT molecular complexity index is 607. The van der Waals surface area contributed by atoms with E-state index in [0.29, 0.717) is 6.54 Å². The minimum absolute atomic E-state index is 0. The quantitative estimate of drug-likeness (QED) is 0.660. The van der Waals surface area contributed by atoms with Gasteiger partial charge >= 0.3 is 0 Å². The van der Waals surface area contributed by atoms with Crippen LogP contribution in [0.15, 0.2) is 53.0 Å². The van der Waals surface area contributed by atoms with E-state index in [0.717, 1.165) is 16.6 Å². The molecule has 132 valence electrons. The maximum Gasteiger partial charge on any atom is 0.133 e. The molecule has 3 nitrogen and oxygen atoms in total. The van der Waals surface area contributed by atoms with E-state index in [1.807, 2.05) is 24.3 Å². The van der Waals surface area contributed by atoms with Crippen LogP contribution in [0.3, 0.4) is 0 Å². The van der Waals surface area contributed by atoms with Gasteiger partial charge in [0, 0.05) is 12.6 Å². The third-order valence-electron chi connectivity index (χ3n) is 3.76. The molecule has 2 rings (SSSR count). The molecule has 0 saturated heterocycles. The average Bonchev–Trinajstić information content (AvgIpc) is 2.56. The highest BCUT2D eigenvalue weighted by atomic mass is 79.9. The van der Waals surface area contributed by atoms with Crippen LogP contribution >= 0.6 is 28.3 Å². The lowest BCUT2D eigenvalue weighted by Crippen LogP contribution is -2.33. The summed E-state index contributed by atoms with van der Waals surface area (Å²) in [7, 11) is 0. The SMILES string of the molecule is CCC(NCC(O)COc1ccccc1Br)c1ccc(C)cc1.Cl. The molecule has 2 atom stereocenters. The van der Waals surface area contributed by atoms with Gasteiger partial charge in [-0.1, -0.05) is 48.9 Å². The Balaban J connectivity index is 0.00000288. The van der Waals surface area contributed by atoms with E-state index in [4.69, 9.17) is 4.74 Å². The Morgan fingerprint density at radius 3 is 2.42 bits per heavy atom. The minimum atomic E-state index is -0.554. The summed E-state index contributed by atoms with van der Waals surface area (Å²) in [4.78, 5) is 0. The van der Waals surface area contributed by atoms with Crippen LogP contribution < -0.4 is 10.1 Å². The number of halogens is 2. The second kappa shape index (κ2) is 10.7. The number of aryl methyl sites for hydroxylation is 1. The van der Waals surface area contributed by atoms with Crippen molar-refractivity contribution in [1.82, 2.24) is 5.32 Å². The highest BCUT2D eigenvalue weighted by Gasteiger charge is 2.12. The van der Waals surface area contributed by atoms with Gasteiger partial charge in [-0.2, -0.15) is 0 Å². The van der Waals surface area contributed by atoms with Crippen molar-refractivity contribution in [3.05, 3.63) is 64.1 Å². The minimum Gasteiger partial charge on any atom is -0.490 e. The molecule has 0 heterocycles. The number of hydrogen-bond donors (Lipinski definition) is 2. The van der Waals surface area contributed by atoms with Crippen molar-refractivity contribution in [1.29, 1.82) is 0 Å². The molecule has 2 aromatic rings. The Hall–Kier alpha value is -1.07. The lowest BCUT2D eigenvalue weighted by Gasteiger charge is -2.20. The van der Waals surface area contributed by atoms with Crippen LogP contribution in [0.2, 0.25) is 0 Å². The molecule has 0 aliphatic heterocycles. The molecule has 2 aromatic carbocycles. The van der Waals surface area contributed by atoms with E-state index in [9.17, 15) is 5.11 Å². The number of benzene rings is 2. The molecule has 0 aliphatic carbocycles. The molecular weight excluding hydrogens is 390 g/mol. The molecule has 0 radical (unpaired) electrons. The second-order valence-electron chi connectivity index (χ2n) is 5.68. The highest BCUT2D eigenvalue weighted by Crippen LogP contribution is 2.23. The molecule has 24 heavy (non-hydrogen) atoms. The van der Waals surface area contributed by atoms with Gasteiger partial charge in [0.1, 0.15) is 18.5 Å². The lowest BCUT2D eigenvalue weighted by atomic mass is 10.0. The normalized spacial score (nSPS) is 13.0. The van der Waals surface area contributed by atoms with Crippen LogP contribution in [-0.2, 0) is 0 Å². The van der Waals surface area contributed by atoms with Crippen LogP contribution in [0.1, 0.15) is 30.5 Å². The zero-order chi connectivity index (χ0) is 16.7. The predicted octanol–water partition coefficient (Wildman–Crippen LogP) is 4.66. The molecule has 0 bridgehead atoms. The lowest BCUT2D eigenvalue weighted by molar-refractivity contribution is 0.103. The van der Waals surface area contributed by atoms with Gasteiger partial charge in [-0.3, -0.25) is 0 Å². The van der Waals surface area contributed by atoms with E-state index in [1.54, 1.807) is 0 Å². The van der Waals surface area contributed by atoms with E-state index in [2.05, 4.69) is 59.4 Å². The summed E-state index contributed by atoms with van der Waals surface area (Å²) in [5, 5.41) is 13.5. The molecule has 0 saturated carbocycles. The fourth-order valence-electron chi connectivity index (χ4n) is 2.38. The van der Waals surface area contributed by atoms with Gasteiger partial charge in [-0.05, 0) is 47.0 Å². The summed E-state index contributed by atoms with van der Waals surface area (Å²) in [5.74, 6) is 0.747. The number of nitrogens with one attached hydrogen (secondary N) is 1. The zero-order valence-corrected chi connectivity index (χ0v) is 16.4. The molecule has 2 unspecified atom stereocenters. The van der Waals surface area contributed by atoms with Crippen LogP contribution in [0, 0.1) is 6.92 Å². The zero-order valence-electron chi connectivity index (χ0n) is 14.0. The van der Waals surface area contributed by atoms with Crippen molar-refractivity contribution >= 4 is 28.3 Å². The van der Waals surface area contributed by atoms with Crippen molar-refractivity contribution in [2.45, 2.75) is 32.4 Å². The predicted molar refractivity (Wildman–Crippen MR) is 105 cm³/mol. The van der Waals surface area contributed by atoms with E-state index >= 15 is 0 Å². The molecule has 0 aliphatic rings. The summed E-state index contributed by atoms with van der Waals surface area (Å²) in [5.41, 5.74) is 2.50. The maximum absolute atomic E-state index is 10.1. The van der Waals surface area contributed by atoms with Crippen molar-refractivity contribution in [3.63, 3.8) is 0 Å². The number of para-hydroxylation sites is 1. The fourth-order valence-corrected chi connectivity index (χ4v) is 2.78. The first-order valence-electron chi connectivity index (χ1n) is 7.95. The average molecular weight is 415 g/mol. The van der Waals surface area contributed by atoms with Crippen LogP contribution in [-0.4, -0.2) is 24.4 Å². The van der Waals surface area contributed by atoms with Gasteiger partial charge in [0.25, 0.3) is 0 Å². The van der Waals surface area contributed by atoms with Gasteiger partial charge in [-0.25, -0.2) is 0 Å². The van der Waals surface area contributed by atoms with Gasteiger partial charge in [0.15, 0.2) is 0 Å². The topological polar surface area (TPSA) is 41.5 Å². The van der Waals surface area contributed by atoms with Gasteiger partial charge in [0.2, 0.25) is 0 Å². The first-order chi connectivity index (χ1) is 11.1. The summed E-state index contributed by atoms with van der Waals surface area (Å²) >= 11 is 3.43. The largest absolute Gasteiger partial charge is 0.490 e. The third-order valence-corrected chi connectivity index (χ3v) is 4.41. The van der Waals surface area contributed by atoms with Crippen molar-refractivity contribution < 1.29 is 9.84 Å². The molecule has 0 aromatic heterocycles. The molecular formula is C19H25BrClNO2. The van der Waals surface area contributed by atoms with Crippen LogP contribution in [0.25, 0.3) is 0 Å². The van der Waals surface area contributed by atoms with Crippen LogP contribution in [0.5, 0.6) is 5.75 Å². The number of hydrogen-bond acceptors (Lipinski definition) is 3. The number of aliphatic hydroxyl groups is 1. The Morgan fingerprint density at radius 1 is 1.12 bits per heavy atom. The summed E-state index contributed by atoms with van der Waals surface area (Å²) in [6.45, 7) is 4.99. The molecule has 0 spiro atoms. The number of rotatable bonds is 8. The van der Waals surface area contributed by atoms with E-state index in [1.165, 1.54) is 11.1 Å². The molecule has 2 N–H and O–H groups in total. The highest BCUT2D eigenvalue weighted by molar-refractivity contribution is 9.10. The second-order valence-corrected chi connectivity index (χ2v) is 6.53. The Kier molecular flexibility index (Phi) is 9.37. The maximum atomic E-state index is 10.1. The smallest absolute Gasteiger partial charge is 0.133 e. The van der Waals surface area contributed by atoms with Gasteiger partial charge in [-0.15, -0.1) is 12.4 Å². The summed E-state index contributed by atoms with van der Waals surface area (Å²) < 4.78 is 6.54. The van der Waals surface area contributed by atoms with Crippen molar-refractivity contribution in [3.8, 4) is 5.75 Å². The molecule has 0 fully saturated rings. The van der Waals surface area contributed by atoms with Crippen molar-refractivity contribution in [2.24, 2.45) is 0 Å². The molecule has 0 amide bonds. The number of ether oxygens (including phenoxy) is 1. The van der Waals surface area contributed by atoms with Gasteiger partial charge < -0.3 is 15.2 Å². The summed E-state index contributed by atoms with van der Waals surface area (Å²) in [6, 6.07) is 16.4.